The van der Waals surface area contributed by atoms with Gasteiger partial charge in [0.05, 0.1) is 11.1 Å². The van der Waals surface area contributed by atoms with Crippen LogP contribution >= 0.6 is 0 Å². The van der Waals surface area contributed by atoms with Crippen LogP contribution in [0.1, 0.15) is 20.7 Å². The van der Waals surface area contributed by atoms with Gasteiger partial charge in [-0.05, 0) is 24.3 Å². The van der Waals surface area contributed by atoms with Crippen LogP contribution in [0.25, 0.3) is 0 Å². The van der Waals surface area contributed by atoms with Gasteiger partial charge >= 0.3 is 5.97 Å². The van der Waals surface area contributed by atoms with Gasteiger partial charge in [0.25, 0.3) is 5.91 Å². The monoisotopic (exact) mass is 272 g/mol. The molecule has 0 atom stereocenters. The van der Waals surface area contributed by atoms with Gasteiger partial charge in [-0.2, -0.15) is 0 Å². The van der Waals surface area contributed by atoms with Crippen molar-refractivity contribution in [1.29, 1.82) is 0 Å². The molecule has 0 bridgehead atoms. The van der Waals surface area contributed by atoms with E-state index in [1.807, 2.05) is 6.07 Å². The molecule has 2 rings (SSSR count). The number of carboxylic acid groups (broad SMARTS) is 1. The minimum Gasteiger partial charge on any atom is -0.478 e. The first kappa shape index (κ1) is 13.6. The smallest absolute Gasteiger partial charge is 0.336 e. The lowest BCUT2D eigenvalue weighted by Crippen LogP contribution is -2.40. The minimum absolute atomic E-state index is 0.0455. The highest BCUT2D eigenvalue weighted by Crippen LogP contribution is 2.09. The second-order valence-electron chi connectivity index (χ2n) is 3.82. The molecule has 0 spiro atoms. The molecular weight excluding hydrogens is 260 g/mol. The maximum atomic E-state index is 11.8. The van der Waals surface area contributed by atoms with Crippen molar-refractivity contribution < 1.29 is 19.5 Å². The quantitative estimate of drug-likeness (QED) is 0.720. The maximum absolute atomic E-state index is 11.8. The highest BCUT2D eigenvalue weighted by Gasteiger charge is 2.15. The lowest BCUT2D eigenvalue weighted by molar-refractivity contribution is 0.0682. The second-order valence-corrected chi connectivity index (χ2v) is 3.82. The standard InChI is InChI=1S/C14H12N2O4/c17-13(11-8-4-5-9-12(11)14(18)19)15-16-20-10-6-2-1-3-7-10/h1-9,16H,(H,15,17)(H,18,19). The Kier molecular flexibility index (Phi) is 4.31. The van der Waals surface area contributed by atoms with Crippen LogP contribution in [0.3, 0.4) is 0 Å². The van der Waals surface area contributed by atoms with E-state index in [0.29, 0.717) is 5.75 Å². The first-order valence-corrected chi connectivity index (χ1v) is 5.78. The Morgan fingerprint density at radius 2 is 1.50 bits per heavy atom. The van der Waals surface area contributed by atoms with E-state index in [2.05, 4.69) is 11.0 Å². The van der Waals surface area contributed by atoms with Crippen molar-refractivity contribution in [2.24, 2.45) is 0 Å². The Morgan fingerprint density at radius 3 is 2.15 bits per heavy atom. The number of carbonyl (C=O) groups is 2. The molecule has 6 heteroatoms. The van der Waals surface area contributed by atoms with Gasteiger partial charge < -0.3 is 9.94 Å². The van der Waals surface area contributed by atoms with E-state index in [0.717, 1.165) is 0 Å². The molecule has 1 amide bonds. The van der Waals surface area contributed by atoms with Crippen molar-refractivity contribution in [2.45, 2.75) is 0 Å². The number of aromatic carboxylic acids is 1. The zero-order valence-corrected chi connectivity index (χ0v) is 10.4. The summed E-state index contributed by atoms with van der Waals surface area (Å²) in [5.74, 6) is -1.25. The number of amides is 1. The number of hydrogen-bond donors (Lipinski definition) is 3. The normalized spacial score (nSPS) is 9.80. The topological polar surface area (TPSA) is 87.7 Å². The molecule has 0 aliphatic carbocycles. The molecule has 0 saturated carbocycles. The summed E-state index contributed by atoms with van der Waals surface area (Å²) in [6.45, 7) is 0. The molecule has 0 aliphatic rings. The number of rotatable bonds is 5. The maximum Gasteiger partial charge on any atom is 0.336 e. The Balaban J connectivity index is 1.97. The summed E-state index contributed by atoms with van der Waals surface area (Å²) in [6.07, 6.45) is 0. The summed E-state index contributed by atoms with van der Waals surface area (Å²) in [6, 6.07) is 14.7. The first-order chi connectivity index (χ1) is 9.68. The van der Waals surface area contributed by atoms with Gasteiger partial charge in [0.2, 0.25) is 0 Å². The summed E-state index contributed by atoms with van der Waals surface area (Å²) in [5, 5.41) is 8.99. The third-order valence-electron chi connectivity index (χ3n) is 2.48. The zero-order valence-electron chi connectivity index (χ0n) is 10.4. The first-order valence-electron chi connectivity index (χ1n) is 5.78. The summed E-state index contributed by atoms with van der Waals surface area (Å²) >= 11 is 0. The molecule has 20 heavy (non-hydrogen) atoms. The van der Waals surface area contributed by atoms with Crippen LogP contribution in [0, 0.1) is 0 Å². The number of carboxylic acids is 1. The lowest BCUT2D eigenvalue weighted by atomic mass is 10.1. The minimum atomic E-state index is -1.17. The number of carbonyl (C=O) groups excluding carboxylic acids is 1. The van der Waals surface area contributed by atoms with E-state index in [1.54, 1.807) is 36.4 Å². The average Bonchev–Trinajstić information content (AvgIpc) is 2.48. The van der Waals surface area contributed by atoms with Gasteiger partial charge in [0, 0.05) is 0 Å². The van der Waals surface area contributed by atoms with Crippen LogP contribution in [-0.2, 0) is 0 Å². The van der Waals surface area contributed by atoms with Crippen LogP contribution in [0.4, 0.5) is 0 Å². The van der Waals surface area contributed by atoms with Crippen LogP contribution in [0.5, 0.6) is 5.75 Å². The molecule has 3 N–H and O–H groups in total. The molecule has 102 valence electrons. The largest absolute Gasteiger partial charge is 0.478 e. The summed E-state index contributed by atoms with van der Waals surface area (Å²) < 4.78 is 0. The van der Waals surface area contributed by atoms with E-state index in [9.17, 15) is 9.59 Å². The van der Waals surface area contributed by atoms with Gasteiger partial charge in [-0.15, -0.1) is 0 Å². The molecule has 0 fully saturated rings. The van der Waals surface area contributed by atoms with Gasteiger partial charge in [0.15, 0.2) is 0 Å². The van der Waals surface area contributed by atoms with Crippen molar-refractivity contribution in [3.63, 3.8) is 0 Å². The van der Waals surface area contributed by atoms with Crippen LogP contribution in [0.2, 0.25) is 0 Å². The van der Waals surface area contributed by atoms with Crippen molar-refractivity contribution in [2.75, 3.05) is 0 Å². The zero-order chi connectivity index (χ0) is 14.4. The summed E-state index contributed by atoms with van der Waals surface area (Å²) in [4.78, 5) is 27.9. The highest BCUT2D eigenvalue weighted by atomic mass is 16.7. The fourth-order valence-electron chi connectivity index (χ4n) is 1.55. The molecule has 0 saturated heterocycles. The number of nitrogens with one attached hydrogen (secondary N) is 2. The van der Waals surface area contributed by atoms with Crippen LogP contribution in [0.15, 0.2) is 54.6 Å². The van der Waals surface area contributed by atoms with Crippen LogP contribution < -0.4 is 15.9 Å². The Labute approximate surface area is 114 Å². The number of hydrogen-bond acceptors (Lipinski definition) is 4. The van der Waals surface area contributed by atoms with Crippen molar-refractivity contribution in [1.82, 2.24) is 11.0 Å². The Morgan fingerprint density at radius 1 is 0.900 bits per heavy atom. The Hall–Kier alpha value is -2.86. The van der Waals surface area contributed by atoms with Gasteiger partial charge in [-0.25, -0.2) is 4.79 Å². The van der Waals surface area contributed by atoms with E-state index in [1.165, 1.54) is 12.1 Å². The number of benzene rings is 2. The molecule has 0 aromatic heterocycles. The predicted molar refractivity (Wildman–Crippen MR) is 71.1 cm³/mol. The van der Waals surface area contributed by atoms with E-state index in [-0.39, 0.29) is 11.1 Å². The average molecular weight is 272 g/mol. The highest BCUT2D eigenvalue weighted by molar-refractivity contribution is 6.04. The van der Waals surface area contributed by atoms with E-state index < -0.39 is 11.9 Å². The SMILES string of the molecule is O=C(O)c1ccccc1C(=O)NNOc1ccccc1. The van der Waals surface area contributed by atoms with Crippen molar-refractivity contribution >= 4 is 11.9 Å². The number of para-hydroxylation sites is 1. The molecular formula is C14H12N2O4. The van der Waals surface area contributed by atoms with Crippen molar-refractivity contribution in [3.8, 4) is 5.75 Å². The molecule has 6 nitrogen and oxygen atoms in total. The van der Waals surface area contributed by atoms with E-state index in [4.69, 9.17) is 9.94 Å². The second kappa shape index (κ2) is 6.35. The number of hydrazine groups is 1. The molecule has 0 unspecified atom stereocenters. The van der Waals surface area contributed by atoms with Crippen molar-refractivity contribution in [3.05, 3.63) is 65.7 Å². The predicted octanol–water partition coefficient (Wildman–Crippen LogP) is 1.61. The molecule has 2 aromatic rings. The fourth-order valence-corrected chi connectivity index (χ4v) is 1.55. The third kappa shape index (κ3) is 3.33. The van der Waals surface area contributed by atoms with Gasteiger partial charge in [0.1, 0.15) is 5.75 Å². The Bertz CT molecular complexity index is 614. The van der Waals surface area contributed by atoms with Gasteiger partial charge in [-0.3, -0.25) is 10.2 Å². The molecule has 0 aliphatic heterocycles. The molecule has 0 heterocycles. The van der Waals surface area contributed by atoms with E-state index >= 15 is 0 Å². The summed E-state index contributed by atoms with van der Waals surface area (Å²) in [5.41, 5.74) is 4.51. The third-order valence-corrected chi connectivity index (χ3v) is 2.48. The summed E-state index contributed by atoms with van der Waals surface area (Å²) in [7, 11) is 0. The lowest BCUT2D eigenvalue weighted by Gasteiger charge is -2.09. The molecule has 2 aromatic carbocycles. The molecule has 0 radical (unpaired) electrons. The van der Waals surface area contributed by atoms with Gasteiger partial charge in [-0.1, -0.05) is 35.9 Å². The van der Waals surface area contributed by atoms with Crippen LogP contribution in [-0.4, -0.2) is 17.0 Å². The fraction of sp³-hybridized carbons (Fsp3) is 0.